The molecular formula is C16H21I3N2O8. The zero-order valence-electron chi connectivity index (χ0n) is 15.0. The molecule has 0 bridgehead atoms. The van der Waals surface area contributed by atoms with Gasteiger partial charge in [0, 0.05) is 19.2 Å². The Morgan fingerprint density at radius 3 is 2.07 bits per heavy atom. The van der Waals surface area contributed by atoms with Crippen molar-refractivity contribution in [3.8, 4) is 0 Å². The smallest absolute Gasteiger partial charge is 0.258 e. The number of amides is 2. The van der Waals surface area contributed by atoms with E-state index in [-0.39, 0.29) is 24.4 Å². The third-order valence-electron chi connectivity index (χ3n) is 3.77. The van der Waals surface area contributed by atoms with Crippen molar-refractivity contribution in [2.24, 2.45) is 0 Å². The van der Waals surface area contributed by atoms with Gasteiger partial charge in [0.15, 0.2) is 6.10 Å². The molecule has 0 radical (unpaired) electrons. The van der Waals surface area contributed by atoms with E-state index in [2.05, 4.69) is 5.32 Å². The molecule has 2 amide bonds. The molecular weight excluding hydrogens is 729 g/mol. The monoisotopic (exact) mass is 750 g/mol. The van der Waals surface area contributed by atoms with Crippen LogP contribution < -0.4 is 10.2 Å². The van der Waals surface area contributed by atoms with E-state index >= 15 is 0 Å². The van der Waals surface area contributed by atoms with Gasteiger partial charge >= 0.3 is 0 Å². The molecule has 0 aliphatic heterocycles. The number of nitrogens with one attached hydrogen (secondary N) is 1. The van der Waals surface area contributed by atoms with E-state index in [0.29, 0.717) is 16.3 Å². The summed E-state index contributed by atoms with van der Waals surface area (Å²) in [7, 11) is 0. The van der Waals surface area contributed by atoms with Gasteiger partial charge in [-0.1, -0.05) is 0 Å². The van der Waals surface area contributed by atoms with Crippen molar-refractivity contribution < 1.29 is 40.2 Å². The van der Waals surface area contributed by atoms with Gasteiger partial charge in [-0.2, -0.15) is 0 Å². The number of benzene rings is 1. The van der Waals surface area contributed by atoms with E-state index in [1.165, 1.54) is 0 Å². The molecule has 1 aromatic carbocycles. The summed E-state index contributed by atoms with van der Waals surface area (Å²) in [6.45, 7) is -2.67. The Kier molecular flexibility index (Phi) is 12.0. The molecule has 13 heteroatoms. The summed E-state index contributed by atoms with van der Waals surface area (Å²) in [5.74, 6) is -1.49. The molecule has 29 heavy (non-hydrogen) atoms. The number of halogens is 3. The summed E-state index contributed by atoms with van der Waals surface area (Å²) in [6, 6.07) is 0. The Bertz CT molecular complexity index is 750. The summed E-state index contributed by atoms with van der Waals surface area (Å²) >= 11 is 5.61. The van der Waals surface area contributed by atoms with Crippen LogP contribution in [0.4, 0.5) is 5.69 Å². The Morgan fingerprint density at radius 2 is 1.59 bits per heavy atom. The fourth-order valence-corrected chi connectivity index (χ4v) is 6.93. The molecule has 0 saturated heterocycles. The summed E-state index contributed by atoms with van der Waals surface area (Å²) in [4.78, 5) is 26.3. The molecule has 0 aliphatic rings. The van der Waals surface area contributed by atoms with E-state index in [9.17, 15) is 35.1 Å². The quantitative estimate of drug-likeness (QED) is 0.146. The number of nitrogens with zero attached hydrogens (tertiary/aromatic N) is 1. The minimum Gasteiger partial charge on any atom is -0.395 e. The third-order valence-corrected chi connectivity index (χ3v) is 7.17. The lowest BCUT2D eigenvalue weighted by atomic mass is 10.1. The van der Waals surface area contributed by atoms with Gasteiger partial charge in [-0.15, -0.1) is 0 Å². The van der Waals surface area contributed by atoms with Crippen molar-refractivity contribution >= 4 is 85.3 Å². The number of rotatable bonds is 10. The molecule has 164 valence electrons. The summed E-state index contributed by atoms with van der Waals surface area (Å²) in [5.41, 5.74) is 0.647. The van der Waals surface area contributed by atoms with Crippen LogP contribution in [0.2, 0.25) is 0 Å². The predicted octanol–water partition coefficient (Wildman–Crippen LogP) is -1.25. The lowest BCUT2D eigenvalue weighted by Crippen LogP contribution is -2.46. The molecule has 1 aromatic rings. The SMILES string of the molecule is O=C(NCCO)c1c(I)c(CO)c(I)c(N(CC(O)CO)C(=O)C(O)CO)c1I. The molecule has 10 nitrogen and oxygen atoms in total. The number of aliphatic hydroxyl groups excluding tert-OH is 6. The fraction of sp³-hybridized carbons (Fsp3) is 0.500. The first-order chi connectivity index (χ1) is 13.7. The lowest BCUT2D eigenvalue weighted by molar-refractivity contribution is -0.128. The predicted molar refractivity (Wildman–Crippen MR) is 128 cm³/mol. The van der Waals surface area contributed by atoms with Gasteiger partial charge in [0.25, 0.3) is 11.8 Å². The number of hydrogen-bond acceptors (Lipinski definition) is 8. The minimum atomic E-state index is -1.78. The van der Waals surface area contributed by atoms with Gasteiger partial charge in [-0.25, -0.2) is 0 Å². The molecule has 0 aromatic heterocycles. The largest absolute Gasteiger partial charge is 0.395 e. The zero-order chi connectivity index (χ0) is 22.3. The summed E-state index contributed by atoms with van der Waals surface area (Å²) in [5, 5.41) is 59.4. The molecule has 0 heterocycles. The van der Waals surface area contributed by atoms with Gasteiger partial charge in [-0.3, -0.25) is 9.59 Å². The first kappa shape index (κ1) is 27.1. The van der Waals surface area contributed by atoms with Gasteiger partial charge < -0.3 is 40.9 Å². The van der Waals surface area contributed by atoms with Crippen molar-refractivity contribution in [3.63, 3.8) is 0 Å². The second-order valence-corrected chi connectivity index (χ2v) is 9.00. The number of aliphatic hydroxyl groups is 6. The minimum absolute atomic E-state index is 0.00410. The Labute approximate surface area is 207 Å². The molecule has 0 saturated carbocycles. The van der Waals surface area contributed by atoms with E-state index in [0.717, 1.165) is 4.90 Å². The average Bonchev–Trinajstić information content (AvgIpc) is 2.70. The zero-order valence-corrected chi connectivity index (χ0v) is 21.5. The molecule has 2 unspecified atom stereocenters. The van der Waals surface area contributed by atoms with Crippen LogP contribution in [-0.2, 0) is 11.4 Å². The lowest BCUT2D eigenvalue weighted by Gasteiger charge is -2.30. The number of carbonyl (C=O) groups is 2. The second-order valence-electron chi connectivity index (χ2n) is 5.77. The van der Waals surface area contributed by atoms with Crippen LogP contribution in [0, 0.1) is 10.7 Å². The first-order valence-corrected chi connectivity index (χ1v) is 11.5. The Balaban J connectivity index is 3.74. The van der Waals surface area contributed by atoms with Crippen molar-refractivity contribution in [1.82, 2.24) is 5.32 Å². The maximum absolute atomic E-state index is 12.7. The van der Waals surface area contributed by atoms with Gasteiger partial charge in [0.1, 0.15) is 0 Å². The summed E-state index contributed by atoms with van der Waals surface area (Å²) in [6.07, 6.45) is -3.13. The van der Waals surface area contributed by atoms with E-state index < -0.39 is 50.4 Å². The molecule has 7 N–H and O–H groups in total. The van der Waals surface area contributed by atoms with Gasteiger partial charge in [0.05, 0.1) is 53.9 Å². The Morgan fingerprint density at radius 1 is 0.966 bits per heavy atom. The highest BCUT2D eigenvalue weighted by Crippen LogP contribution is 2.38. The van der Waals surface area contributed by atoms with Crippen LogP contribution in [0.25, 0.3) is 0 Å². The molecule has 0 fully saturated rings. The third kappa shape index (κ3) is 6.55. The maximum atomic E-state index is 12.7. The van der Waals surface area contributed by atoms with Crippen molar-refractivity contribution in [3.05, 3.63) is 21.8 Å². The highest BCUT2D eigenvalue weighted by Gasteiger charge is 2.32. The fourth-order valence-electron chi connectivity index (χ4n) is 2.35. The van der Waals surface area contributed by atoms with Crippen LogP contribution in [0.15, 0.2) is 0 Å². The van der Waals surface area contributed by atoms with Gasteiger partial charge in [0.2, 0.25) is 0 Å². The molecule has 0 spiro atoms. The van der Waals surface area contributed by atoms with Crippen molar-refractivity contribution in [2.45, 2.75) is 18.8 Å². The highest BCUT2D eigenvalue weighted by molar-refractivity contribution is 14.1. The summed E-state index contributed by atoms with van der Waals surface area (Å²) < 4.78 is 1.14. The standard InChI is InChI=1S/C16H21I3N2O8/c17-11-8(5-24)12(18)14(13(19)10(11)15(28)20-1-2-22)21(3-7(26)4-23)16(29)9(27)6-25/h7,9,22-27H,1-6H2,(H,20,28). The Hall–Kier alpha value is 0.110. The molecule has 2 atom stereocenters. The van der Waals surface area contributed by atoms with E-state index in [4.69, 9.17) is 5.11 Å². The van der Waals surface area contributed by atoms with Crippen LogP contribution in [-0.4, -0.2) is 87.6 Å². The topological polar surface area (TPSA) is 171 Å². The molecule has 0 aliphatic carbocycles. The molecule has 1 rings (SSSR count). The van der Waals surface area contributed by atoms with Crippen molar-refractivity contribution in [2.75, 3.05) is 37.8 Å². The van der Waals surface area contributed by atoms with Crippen LogP contribution >= 0.6 is 67.8 Å². The number of hydrogen-bond donors (Lipinski definition) is 7. The number of anilines is 1. The van der Waals surface area contributed by atoms with E-state index in [1.807, 2.05) is 67.8 Å². The van der Waals surface area contributed by atoms with Crippen LogP contribution in [0.5, 0.6) is 0 Å². The average molecular weight is 750 g/mol. The van der Waals surface area contributed by atoms with Crippen molar-refractivity contribution in [1.29, 1.82) is 0 Å². The second kappa shape index (κ2) is 12.8. The van der Waals surface area contributed by atoms with Crippen LogP contribution in [0.3, 0.4) is 0 Å². The highest BCUT2D eigenvalue weighted by atomic mass is 127. The number of carbonyl (C=O) groups excluding carboxylic acids is 2. The first-order valence-electron chi connectivity index (χ1n) is 8.24. The normalized spacial score (nSPS) is 13.1. The van der Waals surface area contributed by atoms with E-state index in [1.54, 1.807) is 0 Å². The van der Waals surface area contributed by atoms with Crippen LogP contribution in [0.1, 0.15) is 15.9 Å². The van der Waals surface area contributed by atoms with Gasteiger partial charge in [-0.05, 0) is 67.8 Å². The maximum Gasteiger partial charge on any atom is 0.258 e.